The van der Waals surface area contributed by atoms with Crippen molar-refractivity contribution in [2.75, 3.05) is 19.0 Å². The number of hydrogen-bond acceptors (Lipinski definition) is 6. The van der Waals surface area contributed by atoms with Crippen molar-refractivity contribution in [1.82, 2.24) is 4.98 Å². The average Bonchev–Trinajstić information content (AvgIpc) is 3.39. The first kappa shape index (κ1) is 31.5. The van der Waals surface area contributed by atoms with Crippen molar-refractivity contribution >= 4 is 57.6 Å². The van der Waals surface area contributed by atoms with Crippen LogP contribution in [0.3, 0.4) is 0 Å². The molecule has 1 heterocycles. The molecule has 0 bridgehead atoms. The molecule has 0 radical (unpaired) electrons. The zero-order valence-electron chi connectivity index (χ0n) is 22.9. The van der Waals surface area contributed by atoms with Crippen LogP contribution in [0.15, 0.2) is 41.3 Å². The Morgan fingerprint density at radius 1 is 1.07 bits per heavy atom. The molecule has 1 amide bonds. The molecule has 0 saturated carbocycles. The highest BCUT2D eigenvalue weighted by Gasteiger charge is 2.18. The second-order valence-corrected chi connectivity index (χ2v) is 11.0. The standard InChI is InChI=1S/C30H34Cl2N2O5S/c1-4-5-6-7-8-9-10-14-39-26-13-11-12-21(27(26)38-3)25-18-40-30(33-25)34-28(35)20-16-23(31)22(24(32)17-20)15-19(2)29(36)37/h11-13,15-18H,4-10,14H2,1-3H3,(H,36,37)(H,33,34,35)/b19-15+. The molecule has 0 saturated heterocycles. The number of thiazole rings is 1. The second-order valence-electron chi connectivity index (χ2n) is 9.28. The van der Waals surface area contributed by atoms with Crippen LogP contribution >= 0.6 is 34.5 Å². The number of para-hydroxylation sites is 1. The number of nitrogens with one attached hydrogen (secondary N) is 1. The molecule has 0 unspecified atom stereocenters. The van der Waals surface area contributed by atoms with Crippen LogP contribution in [0.25, 0.3) is 17.3 Å². The molecule has 214 valence electrons. The minimum absolute atomic E-state index is 0.0685. The van der Waals surface area contributed by atoms with Gasteiger partial charge in [0.1, 0.15) is 0 Å². The lowest BCUT2D eigenvalue weighted by Gasteiger charge is -2.13. The number of benzene rings is 2. The van der Waals surface area contributed by atoms with Crippen LogP contribution in [0.4, 0.5) is 5.13 Å². The quantitative estimate of drug-likeness (QED) is 0.133. The summed E-state index contributed by atoms with van der Waals surface area (Å²) in [6.45, 7) is 4.27. The lowest BCUT2D eigenvalue weighted by molar-refractivity contribution is -0.132. The second kappa shape index (κ2) is 15.6. The molecular weight excluding hydrogens is 571 g/mol. The van der Waals surface area contributed by atoms with Crippen LogP contribution < -0.4 is 14.8 Å². The number of carboxylic acid groups (broad SMARTS) is 1. The molecule has 0 aliphatic carbocycles. The van der Waals surface area contributed by atoms with Crippen LogP contribution in [-0.4, -0.2) is 35.7 Å². The zero-order valence-corrected chi connectivity index (χ0v) is 25.2. The van der Waals surface area contributed by atoms with Gasteiger partial charge in [0.15, 0.2) is 16.6 Å². The Hall–Kier alpha value is -3.07. The van der Waals surface area contributed by atoms with E-state index >= 15 is 0 Å². The third-order valence-electron chi connectivity index (χ3n) is 6.23. The minimum atomic E-state index is -1.09. The van der Waals surface area contributed by atoms with Crippen molar-refractivity contribution in [1.29, 1.82) is 0 Å². The molecule has 7 nitrogen and oxygen atoms in total. The van der Waals surface area contributed by atoms with Crippen LogP contribution in [0.2, 0.25) is 10.0 Å². The fraction of sp³-hybridized carbons (Fsp3) is 0.367. The maximum Gasteiger partial charge on any atom is 0.331 e. The average molecular weight is 606 g/mol. The van der Waals surface area contributed by atoms with Gasteiger partial charge in [-0.2, -0.15) is 0 Å². The van der Waals surface area contributed by atoms with Crippen molar-refractivity contribution in [3.8, 4) is 22.8 Å². The molecule has 0 atom stereocenters. The summed E-state index contributed by atoms with van der Waals surface area (Å²) in [7, 11) is 1.60. The Morgan fingerprint density at radius 2 is 1.75 bits per heavy atom. The maximum absolute atomic E-state index is 12.9. The predicted octanol–water partition coefficient (Wildman–Crippen LogP) is 9.00. The van der Waals surface area contributed by atoms with E-state index in [1.54, 1.807) is 7.11 Å². The first-order valence-corrected chi connectivity index (χ1v) is 14.9. The number of unbranched alkanes of at least 4 members (excludes halogenated alkanes) is 6. The van der Waals surface area contributed by atoms with Crippen molar-refractivity contribution in [3.05, 3.63) is 62.5 Å². The van der Waals surface area contributed by atoms with Gasteiger partial charge in [-0.3, -0.25) is 10.1 Å². The molecule has 2 N–H and O–H groups in total. The van der Waals surface area contributed by atoms with Gasteiger partial charge in [-0.15, -0.1) is 11.3 Å². The topological polar surface area (TPSA) is 97.8 Å². The predicted molar refractivity (Wildman–Crippen MR) is 163 cm³/mol. The fourth-order valence-corrected chi connectivity index (χ4v) is 5.34. The number of anilines is 1. The normalized spacial score (nSPS) is 11.4. The van der Waals surface area contributed by atoms with E-state index in [0.29, 0.717) is 34.5 Å². The largest absolute Gasteiger partial charge is 0.492 e. The molecule has 2 aromatic carbocycles. The smallest absolute Gasteiger partial charge is 0.331 e. The van der Waals surface area contributed by atoms with Crippen molar-refractivity contribution in [2.45, 2.75) is 58.8 Å². The zero-order chi connectivity index (χ0) is 29.1. The number of aromatic nitrogens is 1. The number of rotatable bonds is 15. The van der Waals surface area contributed by atoms with Crippen LogP contribution in [0, 0.1) is 0 Å². The summed E-state index contributed by atoms with van der Waals surface area (Å²) in [6.07, 6.45) is 9.81. The van der Waals surface area contributed by atoms with Crippen molar-refractivity contribution in [3.63, 3.8) is 0 Å². The van der Waals surface area contributed by atoms with E-state index in [4.69, 9.17) is 37.8 Å². The van der Waals surface area contributed by atoms with Gasteiger partial charge in [0.2, 0.25) is 0 Å². The third-order valence-corrected chi connectivity index (χ3v) is 7.61. The minimum Gasteiger partial charge on any atom is -0.492 e. The lowest BCUT2D eigenvalue weighted by Crippen LogP contribution is -2.12. The first-order chi connectivity index (χ1) is 19.2. The number of ether oxygens (including phenoxy) is 2. The van der Waals surface area contributed by atoms with Gasteiger partial charge < -0.3 is 14.6 Å². The molecular formula is C30H34Cl2N2O5S. The molecule has 0 spiro atoms. The summed E-state index contributed by atoms with van der Waals surface area (Å²) in [6, 6.07) is 8.54. The number of amides is 1. The van der Waals surface area contributed by atoms with E-state index in [1.165, 1.54) is 68.6 Å². The van der Waals surface area contributed by atoms with Crippen LogP contribution in [-0.2, 0) is 4.79 Å². The number of nitrogens with zero attached hydrogens (tertiary/aromatic N) is 1. The molecule has 0 aliphatic heterocycles. The summed E-state index contributed by atoms with van der Waals surface area (Å²) in [5, 5.41) is 14.4. The number of hydrogen-bond donors (Lipinski definition) is 2. The Kier molecular flexibility index (Phi) is 12.3. The Balaban J connectivity index is 1.67. The van der Waals surface area contributed by atoms with Gasteiger partial charge in [0, 0.05) is 27.6 Å². The molecule has 0 fully saturated rings. The highest BCUT2D eigenvalue weighted by atomic mass is 35.5. The van der Waals surface area contributed by atoms with E-state index in [2.05, 4.69) is 17.2 Å². The van der Waals surface area contributed by atoms with Gasteiger partial charge in [0.05, 0.1) is 29.5 Å². The van der Waals surface area contributed by atoms with Gasteiger partial charge in [-0.25, -0.2) is 9.78 Å². The van der Waals surface area contributed by atoms with E-state index in [-0.39, 0.29) is 21.2 Å². The van der Waals surface area contributed by atoms with Gasteiger partial charge >= 0.3 is 5.97 Å². The number of halogens is 2. The first-order valence-electron chi connectivity index (χ1n) is 13.2. The molecule has 0 aliphatic rings. The molecule has 3 aromatic rings. The highest BCUT2D eigenvalue weighted by molar-refractivity contribution is 7.14. The Morgan fingerprint density at radius 3 is 2.40 bits per heavy atom. The molecule has 3 rings (SSSR count). The van der Waals surface area contributed by atoms with Crippen LogP contribution in [0.5, 0.6) is 11.5 Å². The Bertz CT molecular complexity index is 1330. The van der Waals surface area contributed by atoms with Crippen molar-refractivity contribution in [2.24, 2.45) is 0 Å². The summed E-state index contributed by atoms with van der Waals surface area (Å²) < 4.78 is 11.7. The monoisotopic (exact) mass is 604 g/mol. The van der Waals surface area contributed by atoms with E-state index in [9.17, 15) is 9.59 Å². The number of carbonyl (C=O) groups excluding carboxylic acids is 1. The number of methoxy groups -OCH3 is 1. The number of carboxylic acids is 1. The molecule has 1 aromatic heterocycles. The fourth-order valence-electron chi connectivity index (χ4n) is 4.04. The number of aliphatic carboxylic acids is 1. The van der Waals surface area contributed by atoms with E-state index in [0.717, 1.165) is 18.4 Å². The van der Waals surface area contributed by atoms with Gasteiger partial charge in [0.25, 0.3) is 5.91 Å². The summed E-state index contributed by atoms with van der Waals surface area (Å²) in [5.41, 5.74) is 2.01. The van der Waals surface area contributed by atoms with Gasteiger partial charge in [-0.1, -0.05) is 74.7 Å². The van der Waals surface area contributed by atoms with Crippen LogP contribution in [0.1, 0.15) is 74.7 Å². The number of carbonyl (C=O) groups is 2. The summed E-state index contributed by atoms with van der Waals surface area (Å²) in [5.74, 6) is -0.294. The molecule has 10 heteroatoms. The lowest BCUT2D eigenvalue weighted by atomic mass is 10.1. The summed E-state index contributed by atoms with van der Waals surface area (Å²) >= 11 is 13.9. The van der Waals surface area contributed by atoms with Gasteiger partial charge in [-0.05, 0) is 43.7 Å². The maximum atomic E-state index is 12.9. The van der Waals surface area contributed by atoms with E-state index < -0.39 is 11.9 Å². The van der Waals surface area contributed by atoms with Crippen molar-refractivity contribution < 1.29 is 24.2 Å². The Labute approximate surface area is 249 Å². The third kappa shape index (κ3) is 8.71. The summed E-state index contributed by atoms with van der Waals surface area (Å²) in [4.78, 5) is 28.6. The molecule has 40 heavy (non-hydrogen) atoms. The SMILES string of the molecule is CCCCCCCCCOc1cccc(-c2csc(NC(=O)c3cc(Cl)c(/C=C(\C)C(=O)O)c(Cl)c3)n2)c1OC. The highest BCUT2D eigenvalue weighted by Crippen LogP contribution is 2.39. The van der Waals surface area contributed by atoms with E-state index in [1.807, 2.05) is 23.6 Å².